The van der Waals surface area contributed by atoms with E-state index < -0.39 is 10.1 Å². The average Bonchev–Trinajstić information content (AvgIpc) is 2.38. The maximum atomic E-state index is 11.5. The predicted molar refractivity (Wildman–Crippen MR) is 73.0 cm³/mol. The fraction of sp³-hybridized carbons (Fsp3) is 0.250. The van der Waals surface area contributed by atoms with Crippen molar-refractivity contribution < 1.29 is 12.6 Å². The average molecular weight is 314 g/mol. The number of hydrogen-bond acceptors (Lipinski definition) is 6. The molecule has 106 valence electrons. The summed E-state index contributed by atoms with van der Waals surface area (Å²) in [6.07, 6.45) is 0.441. The van der Waals surface area contributed by atoms with Crippen LogP contribution in [0.25, 0.3) is 0 Å². The third-order valence-corrected chi connectivity index (χ3v) is 4.02. The van der Waals surface area contributed by atoms with E-state index >= 15 is 0 Å². The summed E-state index contributed by atoms with van der Waals surface area (Å²) in [7, 11) is -2.54. The molecule has 0 N–H and O–H groups in total. The molecule has 8 heteroatoms. The third kappa shape index (κ3) is 3.50. The van der Waals surface area contributed by atoms with E-state index in [1.807, 2.05) is 0 Å². The van der Waals surface area contributed by atoms with Gasteiger partial charge in [-0.3, -0.25) is 4.18 Å². The Morgan fingerprint density at radius 3 is 2.35 bits per heavy atom. The Balaban J connectivity index is 2.23. The lowest BCUT2D eigenvalue weighted by molar-refractivity contribution is 0.398. The summed E-state index contributed by atoms with van der Waals surface area (Å²) in [5.41, 5.74) is 0.863. The van der Waals surface area contributed by atoms with Crippen molar-refractivity contribution in [3.63, 3.8) is 0 Å². The normalized spacial score (nSPS) is 11.6. The second-order valence-electron chi connectivity index (χ2n) is 4.01. The van der Waals surface area contributed by atoms with E-state index in [4.69, 9.17) is 11.6 Å². The first-order valence-electron chi connectivity index (χ1n) is 5.67. The zero-order chi connectivity index (χ0) is 14.8. The molecule has 6 nitrogen and oxygen atoms in total. The first-order valence-corrected chi connectivity index (χ1v) is 7.46. The van der Waals surface area contributed by atoms with Crippen LogP contribution in [0.15, 0.2) is 29.2 Å². The fourth-order valence-electron chi connectivity index (χ4n) is 1.63. The monoisotopic (exact) mass is 313 g/mol. The molecule has 0 amide bonds. The van der Waals surface area contributed by atoms with Gasteiger partial charge in [-0.15, -0.1) is 0 Å². The molecule has 0 saturated heterocycles. The van der Waals surface area contributed by atoms with Crippen molar-refractivity contribution in [3.8, 4) is 0 Å². The molecule has 0 bridgehead atoms. The van der Waals surface area contributed by atoms with E-state index in [1.54, 1.807) is 19.1 Å². The molecular weight excluding hydrogens is 302 g/mol. The van der Waals surface area contributed by atoms with E-state index in [9.17, 15) is 8.42 Å². The maximum Gasteiger partial charge on any atom is 0.296 e. The Morgan fingerprint density at radius 1 is 1.15 bits per heavy atom. The van der Waals surface area contributed by atoms with Gasteiger partial charge in [0.2, 0.25) is 5.28 Å². The van der Waals surface area contributed by atoms with Crippen LogP contribution >= 0.6 is 11.6 Å². The van der Waals surface area contributed by atoms with Crippen LogP contribution < -0.4 is 0 Å². The van der Waals surface area contributed by atoms with Crippen molar-refractivity contribution >= 4 is 21.7 Å². The van der Waals surface area contributed by atoms with Crippen LogP contribution in [0, 0.1) is 6.92 Å². The zero-order valence-corrected chi connectivity index (χ0v) is 12.4. The van der Waals surface area contributed by atoms with Crippen LogP contribution in [0.4, 0.5) is 0 Å². The largest absolute Gasteiger partial charge is 0.296 e. The standard InChI is InChI=1S/C12H12ClN3O3S/c1-8-14-11(16-12(13)15-8)7-9-3-5-10(6-4-9)20(17,18)19-2/h3-6H,7H2,1-2H3. The number of rotatable bonds is 4. The van der Waals surface area contributed by atoms with E-state index in [-0.39, 0.29) is 10.2 Å². The summed E-state index contributed by atoms with van der Waals surface area (Å²) < 4.78 is 27.4. The number of halogens is 1. The van der Waals surface area contributed by atoms with Gasteiger partial charge in [-0.05, 0) is 36.2 Å². The van der Waals surface area contributed by atoms with Gasteiger partial charge in [0.15, 0.2) is 0 Å². The molecule has 1 aromatic heterocycles. The number of aryl methyl sites for hydroxylation is 1. The Labute approximate surface area is 121 Å². The van der Waals surface area contributed by atoms with Gasteiger partial charge >= 0.3 is 0 Å². The molecule has 0 aliphatic carbocycles. The molecule has 1 aromatic carbocycles. The molecule has 0 unspecified atom stereocenters. The zero-order valence-electron chi connectivity index (χ0n) is 10.9. The first-order chi connectivity index (χ1) is 9.40. The van der Waals surface area contributed by atoms with Crippen molar-refractivity contribution in [1.82, 2.24) is 15.0 Å². The van der Waals surface area contributed by atoms with E-state index in [0.29, 0.717) is 18.1 Å². The summed E-state index contributed by atoms with van der Waals surface area (Å²) in [5, 5.41) is 0.145. The number of benzene rings is 1. The van der Waals surface area contributed by atoms with Crippen molar-refractivity contribution in [1.29, 1.82) is 0 Å². The number of hydrogen-bond donors (Lipinski definition) is 0. The van der Waals surface area contributed by atoms with Gasteiger partial charge in [0.05, 0.1) is 12.0 Å². The SMILES string of the molecule is COS(=O)(=O)c1ccc(Cc2nc(C)nc(Cl)n2)cc1. The van der Waals surface area contributed by atoms with Crippen LogP contribution in [-0.4, -0.2) is 30.5 Å². The molecule has 0 spiro atoms. The van der Waals surface area contributed by atoms with Gasteiger partial charge in [0.1, 0.15) is 11.6 Å². The lowest BCUT2D eigenvalue weighted by atomic mass is 10.1. The Bertz CT molecular complexity index is 697. The van der Waals surface area contributed by atoms with Crippen LogP contribution in [-0.2, 0) is 20.7 Å². The van der Waals surface area contributed by atoms with Gasteiger partial charge in [0.25, 0.3) is 10.1 Å². The van der Waals surface area contributed by atoms with Crippen LogP contribution in [0.2, 0.25) is 5.28 Å². The van der Waals surface area contributed by atoms with Crippen molar-refractivity contribution in [3.05, 3.63) is 46.8 Å². The van der Waals surface area contributed by atoms with Gasteiger partial charge in [-0.1, -0.05) is 12.1 Å². The van der Waals surface area contributed by atoms with Gasteiger partial charge in [-0.25, -0.2) is 15.0 Å². The van der Waals surface area contributed by atoms with E-state index in [2.05, 4.69) is 19.1 Å². The molecule has 0 aliphatic heterocycles. The van der Waals surface area contributed by atoms with Crippen LogP contribution in [0.5, 0.6) is 0 Å². The summed E-state index contributed by atoms with van der Waals surface area (Å²) >= 11 is 5.76. The minimum absolute atomic E-state index is 0.105. The highest BCUT2D eigenvalue weighted by molar-refractivity contribution is 7.86. The van der Waals surface area contributed by atoms with E-state index in [1.165, 1.54) is 12.1 Å². The lowest BCUT2D eigenvalue weighted by Gasteiger charge is -2.04. The summed E-state index contributed by atoms with van der Waals surface area (Å²) in [6.45, 7) is 1.73. The highest BCUT2D eigenvalue weighted by atomic mass is 35.5. The number of nitrogens with zero attached hydrogens (tertiary/aromatic N) is 3. The van der Waals surface area contributed by atoms with Crippen molar-refractivity contribution in [2.24, 2.45) is 0 Å². The molecule has 2 aromatic rings. The molecule has 0 radical (unpaired) electrons. The summed E-state index contributed by atoms with van der Waals surface area (Å²) in [6, 6.07) is 6.31. The quantitative estimate of drug-likeness (QED) is 0.800. The highest BCUT2D eigenvalue weighted by Crippen LogP contribution is 2.14. The van der Waals surface area contributed by atoms with Crippen molar-refractivity contribution in [2.75, 3.05) is 7.11 Å². The van der Waals surface area contributed by atoms with Crippen LogP contribution in [0.3, 0.4) is 0 Å². The third-order valence-electron chi connectivity index (χ3n) is 2.56. The number of aromatic nitrogens is 3. The molecule has 0 saturated carbocycles. The summed E-state index contributed by atoms with van der Waals surface area (Å²) in [4.78, 5) is 12.2. The van der Waals surface area contributed by atoms with Gasteiger partial charge in [-0.2, -0.15) is 8.42 Å². The molecule has 2 rings (SSSR count). The molecular formula is C12H12ClN3O3S. The topological polar surface area (TPSA) is 82.0 Å². The Kier molecular flexibility index (Phi) is 4.32. The molecule has 0 fully saturated rings. The first kappa shape index (κ1) is 14.8. The molecule has 20 heavy (non-hydrogen) atoms. The molecule has 0 aliphatic rings. The second-order valence-corrected chi connectivity index (χ2v) is 6.06. The minimum Gasteiger partial charge on any atom is -0.270 e. The lowest BCUT2D eigenvalue weighted by Crippen LogP contribution is -2.04. The predicted octanol–water partition coefficient (Wildman–Crippen LogP) is 1.76. The maximum absolute atomic E-state index is 11.5. The fourth-order valence-corrected chi connectivity index (χ4v) is 2.52. The van der Waals surface area contributed by atoms with Gasteiger partial charge in [0, 0.05) is 6.42 Å². The molecule has 0 atom stereocenters. The Hall–Kier alpha value is -1.57. The van der Waals surface area contributed by atoms with E-state index in [0.717, 1.165) is 12.7 Å². The second kappa shape index (κ2) is 5.82. The summed E-state index contributed by atoms with van der Waals surface area (Å²) in [5.74, 6) is 1.07. The minimum atomic E-state index is -3.66. The smallest absolute Gasteiger partial charge is 0.270 e. The van der Waals surface area contributed by atoms with Crippen LogP contribution in [0.1, 0.15) is 17.2 Å². The molecule has 1 heterocycles. The Morgan fingerprint density at radius 2 is 1.80 bits per heavy atom. The van der Waals surface area contributed by atoms with Gasteiger partial charge < -0.3 is 0 Å². The highest BCUT2D eigenvalue weighted by Gasteiger charge is 2.12. The van der Waals surface area contributed by atoms with Crippen molar-refractivity contribution in [2.45, 2.75) is 18.2 Å².